The van der Waals surface area contributed by atoms with Crippen LogP contribution >= 0.6 is 8.81 Å². The molecule has 0 heterocycles. The summed E-state index contributed by atoms with van der Waals surface area (Å²) in [5, 5.41) is 1.12. The first-order valence-electron chi connectivity index (χ1n) is 7.32. The third-order valence-electron chi connectivity index (χ3n) is 3.32. The molecule has 0 bridgehead atoms. The number of hydrogen-bond acceptors (Lipinski definition) is 3. The fourth-order valence-electron chi connectivity index (χ4n) is 2.25. The molecule has 0 amide bonds. The monoisotopic (exact) mass is 324 g/mol. The summed E-state index contributed by atoms with van der Waals surface area (Å²) in [4.78, 5) is 12.3. The van der Waals surface area contributed by atoms with Crippen LogP contribution in [0.3, 0.4) is 0 Å². The molecule has 5 heteroatoms. The van der Waals surface area contributed by atoms with E-state index in [9.17, 15) is 4.79 Å². The molecular formula is C18H22LiO3P. The molecular weight excluding hydrogens is 302 g/mol. The number of carbonyl (C=O) groups is 1. The quantitative estimate of drug-likeness (QED) is 0.432. The number of benzene rings is 2. The Balaban J connectivity index is 0.00000264. The molecule has 0 N–H and O–H groups in total. The zero-order valence-corrected chi connectivity index (χ0v) is 15.2. The maximum absolute atomic E-state index is 12.3. The Morgan fingerprint density at radius 1 is 1.09 bits per heavy atom. The number of hydrogen-bond donors (Lipinski definition) is 0. The number of aryl methyl sites for hydroxylation is 2. The van der Waals surface area contributed by atoms with Crippen molar-refractivity contribution in [3.8, 4) is 5.75 Å². The van der Waals surface area contributed by atoms with Crippen LogP contribution in [0.1, 0.15) is 29.8 Å². The van der Waals surface area contributed by atoms with Gasteiger partial charge >= 0.3 is 18.9 Å². The van der Waals surface area contributed by atoms with Crippen molar-refractivity contribution in [3.63, 3.8) is 0 Å². The third-order valence-corrected chi connectivity index (χ3v) is 4.32. The van der Waals surface area contributed by atoms with Crippen molar-refractivity contribution in [1.29, 1.82) is 0 Å². The van der Waals surface area contributed by atoms with E-state index in [2.05, 4.69) is 0 Å². The summed E-state index contributed by atoms with van der Waals surface area (Å²) in [6.45, 7) is 6.64. The van der Waals surface area contributed by atoms with E-state index in [0.717, 1.165) is 22.0 Å². The summed E-state index contributed by atoms with van der Waals surface area (Å²) in [6.07, 6.45) is 0. The summed E-state index contributed by atoms with van der Waals surface area (Å²) in [5.74, 6) is 0.709. The average Bonchev–Trinajstić information content (AvgIpc) is 2.51. The second kappa shape index (κ2) is 9.91. The molecule has 0 saturated heterocycles. The van der Waals surface area contributed by atoms with Crippen molar-refractivity contribution in [1.82, 2.24) is 0 Å². The van der Waals surface area contributed by atoms with Gasteiger partial charge in [-0.2, -0.15) is 0 Å². The Hall–Kier alpha value is -1.10. The average molecular weight is 324 g/mol. The van der Waals surface area contributed by atoms with Gasteiger partial charge in [0.15, 0.2) is 6.61 Å². The van der Waals surface area contributed by atoms with Crippen molar-refractivity contribution in [2.45, 2.75) is 20.8 Å². The van der Waals surface area contributed by atoms with Gasteiger partial charge in [0.25, 0.3) is 0 Å². The molecule has 0 aliphatic rings. The molecule has 118 valence electrons. The minimum atomic E-state index is 0. The van der Waals surface area contributed by atoms with Crippen LogP contribution in [0, 0.1) is 13.8 Å². The van der Waals surface area contributed by atoms with Crippen molar-refractivity contribution < 1.29 is 34.3 Å². The van der Waals surface area contributed by atoms with Gasteiger partial charge in [0, 0.05) is 21.0 Å². The second-order valence-electron chi connectivity index (χ2n) is 5.04. The molecule has 23 heavy (non-hydrogen) atoms. The Labute approximate surface area is 153 Å². The molecule has 0 spiro atoms. The van der Waals surface area contributed by atoms with Gasteiger partial charge in [-0.3, -0.25) is 4.79 Å². The van der Waals surface area contributed by atoms with Gasteiger partial charge in [-0.25, -0.2) is 0 Å². The Morgan fingerprint density at radius 3 is 2.26 bits per heavy atom. The number of rotatable bonds is 7. The predicted octanol–water partition coefficient (Wildman–Crippen LogP) is 0.937. The van der Waals surface area contributed by atoms with E-state index in [1.54, 1.807) is 0 Å². The summed E-state index contributed by atoms with van der Waals surface area (Å²) in [5.41, 5.74) is 2.74. The normalized spacial score (nSPS) is 10.6. The van der Waals surface area contributed by atoms with Crippen LogP contribution in [-0.2, 0) is 4.52 Å². The van der Waals surface area contributed by atoms with Gasteiger partial charge in [0.05, 0.1) is 0 Å². The molecule has 0 aliphatic carbocycles. The van der Waals surface area contributed by atoms with E-state index < -0.39 is 0 Å². The number of carbonyl (C=O) groups excluding carboxylic acids is 1. The van der Waals surface area contributed by atoms with Crippen LogP contribution in [0.15, 0.2) is 42.5 Å². The Kier molecular flexibility index (Phi) is 8.59. The minimum absolute atomic E-state index is 0. The van der Waals surface area contributed by atoms with Crippen LogP contribution in [0.25, 0.3) is 0 Å². The molecule has 0 saturated carbocycles. The first-order chi connectivity index (χ1) is 10.6. The summed E-state index contributed by atoms with van der Waals surface area (Å²) in [6, 6.07) is 13.5. The summed E-state index contributed by atoms with van der Waals surface area (Å²) in [7, 11) is 0.350. The fourth-order valence-corrected chi connectivity index (χ4v) is 2.86. The number of ketones is 1. The van der Waals surface area contributed by atoms with Crippen LogP contribution in [0.4, 0.5) is 0 Å². The third kappa shape index (κ3) is 5.79. The molecule has 0 aliphatic heterocycles. The largest absolute Gasteiger partial charge is 1.00 e. The molecule has 0 fully saturated rings. The van der Waals surface area contributed by atoms with Gasteiger partial charge in [-0.1, -0.05) is 18.2 Å². The Morgan fingerprint density at radius 2 is 1.70 bits per heavy atom. The molecule has 1 atom stereocenters. The van der Waals surface area contributed by atoms with E-state index in [1.165, 1.54) is 0 Å². The van der Waals surface area contributed by atoms with E-state index in [1.807, 2.05) is 63.2 Å². The molecule has 1 unspecified atom stereocenters. The zero-order valence-electron chi connectivity index (χ0n) is 15.2. The summed E-state index contributed by atoms with van der Waals surface area (Å²) < 4.78 is 11.0. The van der Waals surface area contributed by atoms with Crippen molar-refractivity contribution >= 4 is 19.9 Å². The van der Waals surface area contributed by atoms with Crippen LogP contribution in [0.2, 0.25) is 0 Å². The van der Waals surface area contributed by atoms with Crippen LogP contribution < -0.4 is 28.9 Å². The van der Waals surface area contributed by atoms with E-state index in [4.69, 9.17) is 9.26 Å². The number of Topliss-reactive ketones (excluding diaryl/α,β-unsaturated/α-hetero) is 1. The first-order valence-corrected chi connectivity index (χ1v) is 8.22. The standard InChI is InChI=1S/C18H21O3P.Li.H/c1-4-21-22-16-10-8-15(9-11-16)20-12-17(19)18-13(2)6-5-7-14(18)3;;/h5-11,22H,4,12H2,1-3H3;;/q;+1;-1. The SMILES string of the molecule is CCOPc1ccc(OCC(=O)c2c(C)cccc2C)cc1.[H-].[Li+]. The maximum atomic E-state index is 12.3. The topological polar surface area (TPSA) is 35.5 Å². The van der Waals surface area contributed by atoms with Gasteiger partial charge < -0.3 is 10.7 Å². The maximum Gasteiger partial charge on any atom is 1.00 e. The van der Waals surface area contributed by atoms with Gasteiger partial charge in [0.2, 0.25) is 5.78 Å². The molecule has 0 aromatic heterocycles. The predicted molar refractivity (Wildman–Crippen MR) is 92.9 cm³/mol. The van der Waals surface area contributed by atoms with Crippen LogP contribution in [-0.4, -0.2) is 19.0 Å². The Bertz CT molecular complexity index is 627. The first kappa shape index (κ1) is 19.9. The summed E-state index contributed by atoms with van der Waals surface area (Å²) >= 11 is 0. The fraction of sp³-hybridized carbons (Fsp3) is 0.278. The zero-order chi connectivity index (χ0) is 15.9. The molecule has 3 nitrogen and oxygen atoms in total. The number of ether oxygens (including phenoxy) is 1. The van der Waals surface area contributed by atoms with Crippen molar-refractivity contribution in [3.05, 3.63) is 59.2 Å². The second-order valence-corrected chi connectivity index (χ2v) is 6.11. The van der Waals surface area contributed by atoms with Crippen LogP contribution in [0.5, 0.6) is 5.75 Å². The van der Waals surface area contributed by atoms with E-state index >= 15 is 0 Å². The van der Waals surface area contributed by atoms with E-state index in [0.29, 0.717) is 21.2 Å². The van der Waals surface area contributed by atoms with Crippen molar-refractivity contribution in [2.75, 3.05) is 13.2 Å². The molecule has 2 aromatic carbocycles. The molecule has 2 rings (SSSR count). The molecule has 0 radical (unpaired) electrons. The van der Waals surface area contributed by atoms with E-state index in [-0.39, 0.29) is 32.7 Å². The van der Waals surface area contributed by atoms with Gasteiger partial charge in [0.1, 0.15) is 5.75 Å². The molecule has 2 aromatic rings. The van der Waals surface area contributed by atoms with Gasteiger partial charge in [-0.15, -0.1) is 0 Å². The minimum Gasteiger partial charge on any atom is -1.00 e. The van der Waals surface area contributed by atoms with Crippen molar-refractivity contribution in [2.24, 2.45) is 0 Å². The van der Waals surface area contributed by atoms with Gasteiger partial charge in [-0.05, 0) is 61.5 Å². The smallest absolute Gasteiger partial charge is 1.00 e.